The molecule has 0 aromatic carbocycles. The van der Waals surface area contributed by atoms with Crippen LogP contribution in [0, 0.1) is 0 Å². The lowest BCUT2D eigenvalue weighted by Gasteiger charge is -2.27. The van der Waals surface area contributed by atoms with Crippen LogP contribution in [0.4, 0.5) is 4.79 Å². The van der Waals surface area contributed by atoms with Gasteiger partial charge >= 0.3 is 6.03 Å². The predicted molar refractivity (Wildman–Crippen MR) is 94.5 cm³/mol. The highest BCUT2D eigenvalue weighted by Crippen LogP contribution is 2.19. The third-order valence-electron chi connectivity index (χ3n) is 5.47. The molecule has 0 aromatic rings. The molecule has 0 bridgehead atoms. The van der Waals surface area contributed by atoms with E-state index in [0.717, 1.165) is 38.5 Å². The largest absolute Gasteiger partial charge is 0.393 e. The lowest BCUT2D eigenvalue weighted by atomic mass is 9.93. The first-order chi connectivity index (χ1) is 11.2. The molecule has 0 unspecified atom stereocenters. The number of hydrogen-bond donors (Lipinski definition) is 3. The Balaban J connectivity index is 1.70. The summed E-state index contributed by atoms with van der Waals surface area (Å²) in [7, 11) is 0. The minimum atomic E-state index is -0.164. The van der Waals surface area contributed by atoms with Crippen LogP contribution in [-0.4, -0.2) is 29.3 Å². The van der Waals surface area contributed by atoms with Gasteiger partial charge in [0, 0.05) is 12.1 Å². The molecule has 2 amide bonds. The van der Waals surface area contributed by atoms with E-state index in [9.17, 15) is 9.90 Å². The first-order valence-electron chi connectivity index (χ1n) is 9.99. The third-order valence-corrected chi connectivity index (χ3v) is 5.47. The summed E-state index contributed by atoms with van der Waals surface area (Å²) in [4.78, 5) is 12.3. The van der Waals surface area contributed by atoms with Gasteiger partial charge in [-0.25, -0.2) is 4.79 Å². The Morgan fingerprint density at radius 3 is 1.48 bits per heavy atom. The van der Waals surface area contributed by atoms with E-state index in [-0.39, 0.29) is 18.2 Å². The Morgan fingerprint density at radius 2 is 1.00 bits per heavy atom. The second-order valence-electron chi connectivity index (χ2n) is 7.58. The fraction of sp³-hybridized carbons (Fsp3) is 0.947. The lowest BCUT2D eigenvalue weighted by molar-refractivity contribution is 0.117. The van der Waals surface area contributed by atoms with Crippen LogP contribution in [0.1, 0.15) is 96.3 Å². The van der Waals surface area contributed by atoms with Crippen LogP contribution in [0.3, 0.4) is 0 Å². The van der Waals surface area contributed by atoms with E-state index in [4.69, 9.17) is 0 Å². The quantitative estimate of drug-likeness (QED) is 0.710. The van der Waals surface area contributed by atoms with Gasteiger partial charge in [0.2, 0.25) is 0 Å². The standard InChI is InChI=1S/C19H36N2O2/c22-18-14-12-17(13-15-18)21-19(23)20-16-10-8-6-4-2-1-3-5-7-9-11-16/h16-18,22H,1-15H2,(H2,20,21,23). The highest BCUT2D eigenvalue weighted by atomic mass is 16.3. The summed E-state index contributed by atoms with van der Waals surface area (Å²) >= 11 is 0. The van der Waals surface area contributed by atoms with Crippen molar-refractivity contribution in [3.63, 3.8) is 0 Å². The van der Waals surface area contributed by atoms with E-state index < -0.39 is 0 Å². The molecule has 0 aromatic heterocycles. The van der Waals surface area contributed by atoms with E-state index in [2.05, 4.69) is 10.6 Å². The molecule has 4 nitrogen and oxygen atoms in total. The van der Waals surface area contributed by atoms with E-state index >= 15 is 0 Å². The van der Waals surface area contributed by atoms with Crippen molar-refractivity contribution in [2.75, 3.05) is 0 Å². The first kappa shape index (κ1) is 18.6. The van der Waals surface area contributed by atoms with Crippen molar-refractivity contribution in [3.8, 4) is 0 Å². The van der Waals surface area contributed by atoms with Gasteiger partial charge in [0.1, 0.15) is 0 Å². The molecule has 0 saturated heterocycles. The summed E-state index contributed by atoms with van der Waals surface area (Å²) in [5.41, 5.74) is 0. The Hall–Kier alpha value is -0.770. The summed E-state index contributed by atoms with van der Waals surface area (Å²) in [6.07, 6.45) is 17.5. The Bertz CT molecular complexity index is 315. The molecule has 2 saturated carbocycles. The number of aliphatic hydroxyl groups is 1. The number of aliphatic hydroxyl groups excluding tert-OH is 1. The number of hydrogen-bond acceptors (Lipinski definition) is 2. The van der Waals surface area contributed by atoms with Crippen LogP contribution >= 0.6 is 0 Å². The van der Waals surface area contributed by atoms with Crippen LogP contribution in [0.15, 0.2) is 0 Å². The lowest BCUT2D eigenvalue weighted by Crippen LogP contribution is -2.47. The smallest absolute Gasteiger partial charge is 0.315 e. The van der Waals surface area contributed by atoms with Crippen molar-refractivity contribution in [1.29, 1.82) is 0 Å². The van der Waals surface area contributed by atoms with Gasteiger partial charge in [-0.2, -0.15) is 0 Å². The van der Waals surface area contributed by atoms with Gasteiger partial charge in [-0.15, -0.1) is 0 Å². The molecule has 2 aliphatic rings. The fourth-order valence-corrected chi connectivity index (χ4v) is 3.94. The molecule has 2 fully saturated rings. The van der Waals surface area contributed by atoms with Crippen molar-refractivity contribution < 1.29 is 9.90 Å². The number of rotatable bonds is 2. The zero-order valence-corrected chi connectivity index (χ0v) is 14.7. The molecule has 4 heteroatoms. The minimum Gasteiger partial charge on any atom is -0.393 e. The molecule has 0 aliphatic heterocycles. The number of carbonyl (C=O) groups excluding carboxylic acids is 1. The van der Waals surface area contributed by atoms with Crippen LogP contribution in [0.5, 0.6) is 0 Å². The maximum absolute atomic E-state index is 12.3. The van der Waals surface area contributed by atoms with Crippen LogP contribution in [0.25, 0.3) is 0 Å². The summed E-state index contributed by atoms with van der Waals surface area (Å²) < 4.78 is 0. The van der Waals surface area contributed by atoms with E-state index in [1.807, 2.05) is 0 Å². The van der Waals surface area contributed by atoms with Gasteiger partial charge in [-0.05, 0) is 38.5 Å². The summed E-state index contributed by atoms with van der Waals surface area (Å²) in [6.45, 7) is 0. The summed E-state index contributed by atoms with van der Waals surface area (Å²) in [6, 6.07) is 0.580. The number of carbonyl (C=O) groups is 1. The van der Waals surface area contributed by atoms with E-state index in [1.165, 1.54) is 57.8 Å². The third kappa shape index (κ3) is 8.05. The monoisotopic (exact) mass is 324 g/mol. The van der Waals surface area contributed by atoms with Gasteiger partial charge in [0.25, 0.3) is 0 Å². The second kappa shape index (κ2) is 10.9. The number of urea groups is 1. The van der Waals surface area contributed by atoms with Crippen molar-refractivity contribution in [2.45, 2.75) is 114 Å². The van der Waals surface area contributed by atoms with Gasteiger partial charge < -0.3 is 15.7 Å². The van der Waals surface area contributed by atoms with Gasteiger partial charge in [0.15, 0.2) is 0 Å². The average Bonchev–Trinajstić information content (AvgIpc) is 2.52. The maximum atomic E-state index is 12.3. The van der Waals surface area contributed by atoms with Crippen molar-refractivity contribution in [3.05, 3.63) is 0 Å². The van der Waals surface area contributed by atoms with E-state index in [1.54, 1.807) is 0 Å². The minimum absolute atomic E-state index is 0.00323. The molecule has 23 heavy (non-hydrogen) atoms. The SMILES string of the molecule is O=C(NC1CCCCCCCCCCC1)NC1CCC(O)CC1. The molecular weight excluding hydrogens is 288 g/mol. The zero-order valence-electron chi connectivity index (χ0n) is 14.7. The van der Waals surface area contributed by atoms with Crippen LogP contribution in [-0.2, 0) is 0 Å². The van der Waals surface area contributed by atoms with E-state index in [0.29, 0.717) is 6.04 Å². The molecule has 0 heterocycles. The zero-order chi connectivity index (χ0) is 16.3. The van der Waals surface area contributed by atoms with Crippen LogP contribution in [0.2, 0.25) is 0 Å². The molecule has 0 spiro atoms. The maximum Gasteiger partial charge on any atom is 0.315 e. The topological polar surface area (TPSA) is 61.4 Å². The highest BCUT2D eigenvalue weighted by molar-refractivity contribution is 5.74. The molecule has 0 atom stereocenters. The normalized spacial score (nSPS) is 29.1. The number of amides is 2. The molecule has 134 valence electrons. The fourth-order valence-electron chi connectivity index (χ4n) is 3.94. The Morgan fingerprint density at radius 1 is 0.609 bits per heavy atom. The summed E-state index contributed by atoms with van der Waals surface area (Å²) in [5.74, 6) is 0. The van der Waals surface area contributed by atoms with Gasteiger partial charge in [-0.3, -0.25) is 0 Å². The Kier molecular flexibility index (Phi) is 8.80. The van der Waals surface area contributed by atoms with Crippen molar-refractivity contribution in [1.82, 2.24) is 10.6 Å². The average molecular weight is 325 g/mol. The molecule has 2 aliphatic carbocycles. The van der Waals surface area contributed by atoms with Gasteiger partial charge in [-0.1, -0.05) is 57.8 Å². The second-order valence-corrected chi connectivity index (χ2v) is 7.58. The molecule has 2 rings (SSSR count). The van der Waals surface area contributed by atoms with Crippen molar-refractivity contribution >= 4 is 6.03 Å². The summed E-state index contributed by atoms with van der Waals surface area (Å²) in [5, 5.41) is 15.9. The Labute approximate surface area is 141 Å². The molecule has 3 N–H and O–H groups in total. The van der Waals surface area contributed by atoms with Gasteiger partial charge in [0.05, 0.1) is 6.10 Å². The number of nitrogens with one attached hydrogen (secondary N) is 2. The first-order valence-corrected chi connectivity index (χ1v) is 9.99. The van der Waals surface area contributed by atoms with Crippen molar-refractivity contribution in [2.24, 2.45) is 0 Å². The highest BCUT2D eigenvalue weighted by Gasteiger charge is 2.21. The molecular formula is C19H36N2O2. The van der Waals surface area contributed by atoms with Crippen LogP contribution < -0.4 is 10.6 Å². The predicted octanol–water partition coefficient (Wildman–Crippen LogP) is 4.26. The molecule has 0 radical (unpaired) electrons.